The molecule has 11 heteroatoms. The molecule has 0 heterocycles. The summed E-state index contributed by atoms with van der Waals surface area (Å²) < 4.78 is 61.9. The molecule has 0 saturated carbocycles. The molecule has 0 aliphatic carbocycles. The van der Waals surface area contributed by atoms with Crippen molar-refractivity contribution in [1.29, 1.82) is 0 Å². The lowest BCUT2D eigenvalue weighted by Gasteiger charge is -2.12. The van der Waals surface area contributed by atoms with Crippen molar-refractivity contribution in [2.75, 3.05) is 11.3 Å². The minimum Gasteiger partial charge on any atom is -0.478 e. The molecule has 0 aliphatic heterocycles. The van der Waals surface area contributed by atoms with Gasteiger partial charge < -0.3 is 5.11 Å². The van der Waals surface area contributed by atoms with Crippen molar-refractivity contribution in [3.05, 3.63) is 28.2 Å². The molecule has 0 bridgehead atoms. The van der Waals surface area contributed by atoms with Crippen LogP contribution in [0, 0.1) is 0 Å². The molecule has 3 N–H and O–H groups in total. The molecule has 0 unspecified atom stereocenters. The van der Waals surface area contributed by atoms with Crippen LogP contribution in [0.5, 0.6) is 0 Å². The summed E-state index contributed by atoms with van der Waals surface area (Å²) in [7, 11) is -4.48. The van der Waals surface area contributed by atoms with E-state index in [0.29, 0.717) is 0 Å². The highest BCUT2D eigenvalue weighted by molar-refractivity contribution is 9.10. The number of aromatic carboxylic acids is 1. The number of anilines is 1. The molecule has 0 aliphatic rings. The van der Waals surface area contributed by atoms with Gasteiger partial charge in [0.05, 0.1) is 11.3 Å². The third-order valence-electron chi connectivity index (χ3n) is 1.92. The second-order valence-electron chi connectivity index (χ2n) is 3.54. The van der Waals surface area contributed by atoms with E-state index in [2.05, 4.69) is 15.9 Å². The van der Waals surface area contributed by atoms with Crippen LogP contribution in [0.4, 0.5) is 18.9 Å². The van der Waals surface area contributed by atoms with E-state index >= 15 is 0 Å². The van der Waals surface area contributed by atoms with Crippen molar-refractivity contribution < 1.29 is 31.5 Å². The predicted molar refractivity (Wildman–Crippen MR) is 67.7 cm³/mol. The van der Waals surface area contributed by atoms with Crippen molar-refractivity contribution in [2.45, 2.75) is 6.18 Å². The van der Waals surface area contributed by atoms with Gasteiger partial charge in [0.2, 0.25) is 0 Å². The normalized spacial score (nSPS) is 12.2. The summed E-state index contributed by atoms with van der Waals surface area (Å²) in [5.74, 6) is -1.30. The third kappa shape index (κ3) is 5.35. The highest BCUT2D eigenvalue weighted by atomic mass is 79.9. The van der Waals surface area contributed by atoms with Crippen LogP contribution < -0.4 is 9.44 Å². The fraction of sp³-hybridized carbons (Fsp3) is 0.222. The Hall–Kier alpha value is -1.33. The first-order chi connectivity index (χ1) is 9.00. The summed E-state index contributed by atoms with van der Waals surface area (Å²) in [6, 6.07) is 3.43. The number of hydrogen-bond acceptors (Lipinski definition) is 3. The van der Waals surface area contributed by atoms with Crippen LogP contribution in [0.1, 0.15) is 10.4 Å². The number of rotatable bonds is 5. The molecule has 112 valence electrons. The van der Waals surface area contributed by atoms with Gasteiger partial charge in [-0.3, -0.25) is 4.72 Å². The maximum Gasteiger partial charge on any atom is 0.402 e. The van der Waals surface area contributed by atoms with Gasteiger partial charge in [-0.2, -0.15) is 26.3 Å². The van der Waals surface area contributed by atoms with Crippen LogP contribution in [-0.2, 0) is 10.2 Å². The quantitative estimate of drug-likeness (QED) is 0.731. The van der Waals surface area contributed by atoms with Crippen molar-refractivity contribution in [3.8, 4) is 0 Å². The smallest absolute Gasteiger partial charge is 0.402 e. The molecule has 0 saturated heterocycles. The molecule has 0 atom stereocenters. The first kappa shape index (κ1) is 16.7. The number of carbonyl (C=O) groups is 1. The average molecular weight is 377 g/mol. The molecule has 0 fully saturated rings. The maximum absolute atomic E-state index is 11.9. The number of carboxylic acids is 1. The molecule has 0 radical (unpaired) electrons. The number of nitrogens with one attached hydrogen (secondary N) is 2. The Morgan fingerprint density at radius 1 is 1.35 bits per heavy atom. The predicted octanol–water partition coefficient (Wildman–Crippen LogP) is 1.96. The molecular formula is C9H8BrF3N2O4S. The van der Waals surface area contributed by atoms with Gasteiger partial charge in [-0.1, -0.05) is 0 Å². The lowest BCUT2D eigenvalue weighted by Crippen LogP contribution is -2.37. The molecule has 6 nitrogen and oxygen atoms in total. The van der Waals surface area contributed by atoms with Gasteiger partial charge in [0.25, 0.3) is 10.2 Å². The largest absolute Gasteiger partial charge is 0.478 e. The number of hydrogen-bond donors (Lipinski definition) is 3. The molecule has 20 heavy (non-hydrogen) atoms. The van der Waals surface area contributed by atoms with Gasteiger partial charge in [0.15, 0.2) is 0 Å². The Morgan fingerprint density at radius 3 is 2.45 bits per heavy atom. The van der Waals surface area contributed by atoms with Crippen LogP contribution in [-0.4, -0.2) is 32.2 Å². The van der Waals surface area contributed by atoms with E-state index in [9.17, 15) is 26.4 Å². The van der Waals surface area contributed by atoms with E-state index in [1.807, 2.05) is 0 Å². The number of alkyl halides is 3. The van der Waals surface area contributed by atoms with E-state index in [4.69, 9.17) is 5.11 Å². The van der Waals surface area contributed by atoms with E-state index in [0.717, 1.165) is 6.07 Å². The Balaban J connectivity index is 2.92. The van der Waals surface area contributed by atoms with Crippen LogP contribution in [0.15, 0.2) is 22.7 Å². The topological polar surface area (TPSA) is 95.5 Å². The van der Waals surface area contributed by atoms with Crippen molar-refractivity contribution in [1.82, 2.24) is 4.72 Å². The molecular weight excluding hydrogens is 369 g/mol. The van der Waals surface area contributed by atoms with Crippen molar-refractivity contribution in [3.63, 3.8) is 0 Å². The second kappa shape index (κ2) is 5.97. The minimum atomic E-state index is -4.70. The molecule has 0 amide bonds. The summed E-state index contributed by atoms with van der Waals surface area (Å²) in [6.45, 7) is -1.74. The number of carboxylic acid groups (broad SMARTS) is 1. The lowest BCUT2D eigenvalue weighted by atomic mass is 10.2. The standard InChI is InChI=1S/C9H8BrF3N2O4S/c10-6-2-1-5(8(16)17)3-7(6)15-20(18,19)14-4-9(11,12)13/h1-3,14-15H,4H2,(H,16,17). The van der Waals surface area contributed by atoms with Gasteiger partial charge in [-0.25, -0.2) is 4.79 Å². The Labute approximate surface area is 120 Å². The average Bonchev–Trinajstić information content (AvgIpc) is 2.28. The van der Waals surface area contributed by atoms with E-state index in [1.165, 1.54) is 16.9 Å². The summed E-state index contributed by atoms with van der Waals surface area (Å²) in [4.78, 5) is 10.7. The summed E-state index contributed by atoms with van der Waals surface area (Å²) >= 11 is 2.95. The van der Waals surface area contributed by atoms with Crippen LogP contribution in [0.3, 0.4) is 0 Å². The van der Waals surface area contributed by atoms with Gasteiger partial charge in [-0.15, -0.1) is 0 Å². The zero-order chi connectivity index (χ0) is 15.6. The second-order valence-corrected chi connectivity index (χ2v) is 5.90. The van der Waals surface area contributed by atoms with E-state index in [1.54, 1.807) is 4.72 Å². The first-order valence-corrected chi connectivity index (χ1v) is 7.15. The van der Waals surface area contributed by atoms with Gasteiger partial charge >= 0.3 is 12.1 Å². The Bertz CT molecular complexity index is 618. The van der Waals surface area contributed by atoms with Crippen LogP contribution in [0.2, 0.25) is 0 Å². The minimum absolute atomic E-state index is 0.180. The van der Waals surface area contributed by atoms with Gasteiger partial charge in [0.1, 0.15) is 6.54 Å². The maximum atomic E-state index is 11.9. The van der Waals surface area contributed by atoms with E-state index < -0.39 is 28.9 Å². The lowest BCUT2D eigenvalue weighted by molar-refractivity contribution is -0.121. The molecule has 1 aromatic rings. The molecule has 1 rings (SSSR count). The monoisotopic (exact) mass is 376 g/mol. The van der Waals surface area contributed by atoms with Gasteiger partial charge in [-0.05, 0) is 34.1 Å². The third-order valence-corrected chi connectivity index (χ3v) is 3.62. The fourth-order valence-corrected chi connectivity index (χ4v) is 2.46. The highest BCUT2D eigenvalue weighted by Gasteiger charge is 2.29. The first-order valence-electron chi connectivity index (χ1n) is 4.87. The Morgan fingerprint density at radius 2 is 1.95 bits per heavy atom. The van der Waals surface area contributed by atoms with Crippen LogP contribution >= 0.6 is 15.9 Å². The van der Waals surface area contributed by atoms with Gasteiger partial charge in [0, 0.05) is 4.47 Å². The SMILES string of the molecule is O=C(O)c1ccc(Br)c(NS(=O)(=O)NCC(F)(F)F)c1. The van der Waals surface area contributed by atoms with Crippen molar-refractivity contribution >= 4 is 37.8 Å². The Kier molecular flexibility index (Phi) is 5.00. The summed E-state index contributed by atoms with van der Waals surface area (Å²) in [5.41, 5.74) is -0.415. The van der Waals surface area contributed by atoms with Crippen molar-refractivity contribution in [2.24, 2.45) is 0 Å². The molecule has 1 aromatic carbocycles. The molecule has 0 aromatic heterocycles. The summed E-state index contributed by atoms with van der Waals surface area (Å²) in [6.07, 6.45) is -4.70. The van der Waals surface area contributed by atoms with E-state index in [-0.39, 0.29) is 15.7 Å². The fourth-order valence-electron chi connectivity index (χ4n) is 1.09. The number of benzene rings is 1. The number of halogens is 4. The zero-order valence-corrected chi connectivity index (χ0v) is 11.9. The summed E-state index contributed by atoms with van der Waals surface area (Å²) in [5, 5.41) is 8.75. The molecule has 0 spiro atoms. The van der Waals surface area contributed by atoms with Crippen LogP contribution in [0.25, 0.3) is 0 Å². The zero-order valence-electron chi connectivity index (χ0n) is 9.53. The highest BCUT2D eigenvalue weighted by Crippen LogP contribution is 2.24.